The molecule has 0 aromatic rings. The molecular formula is C18H42O6Se2Si2. The molecule has 10 heteroatoms. The molecular weight excluding hydrogens is 526 g/mol. The van der Waals surface area contributed by atoms with Crippen LogP contribution in [0.5, 0.6) is 0 Å². The molecule has 6 nitrogen and oxygen atoms in total. The Labute approximate surface area is 186 Å². The van der Waals surface area contributed by atoms with Gasteiger partial charge in [-0.05, 0) is 0 Å². The Morgan fingerprint density at radius 3 is 0.929 bits per heavy atom. The van der Waals surface area contributed by atoms with Crippen LogP contribution >= 0.6 is 0 Å². The van der Waals surface area contributed by atoms with Crippen molar-refractivity contribution in [1.29, 1.82) is 0 Å². The average Bonchev–Trinajstić information content (AvgIpc) is 2.65. The molecule has 0 spiro atoms. The van der Waals surface area contributed by atoms with Gasteiger partial charge in [0, 0.05) is 0 Å². The second-order valence-electron chi connectivity index (χ2n) is 5.82. The molecule has 0 aromatic heterocycles. The van der Waals surface area contributed by atoms with Crippen LogP contribution in [0.1, 0.15) is 54.4 Å². The number of rotatable bonds is 21. The zero-order chi connectivity index (χ0) is 21.1. The molecule has 0 amide bonds. The molecule has 0 aliphatic carbocycles. The van der Waals surface area contributed by atoms with Crippen LogP contribution in [0.3, 0.4) is 0 Å². The summed E-state index contributed by atoms with van der Waals surface area (Å²) in [6.07, 6.45) is 2.28. The van der Waals surface area contributed by atoms with E-state index in [9.17, 15) is 0 Å². The van der Waals surface area contributed by atoms with Gasteiger partial charge in [-0.25, -0.2) is 0 Å². The maximum absolute atomic E-state index is 5.93. The maximum atomic E-state index is 5.93. The van der Waals surface area contributed by atoms with Crippen molar-refractivity contribution >= 4 is 43.9 Å². The summed E-state index contributed by atoms with van der Waals surface area (Å²) in [4.78, 5) is 0. The predicted molar refractivity (Wildman–Crippen MR) is 121 cm³/mol. The van der Waals surface area contributed by atoms with Crippen molar-refractivity contribution < 1.29 is 26.6 Å². The minimum absolute atomic E-state index is 0.659. The molecule has 0 fully saturated rings. The van der Waals surface area contributed by atoms with E-state index < -0.39 is 17.6 Å². The van der Waals surface area contributed by atoms with Gasteiger partial charge in [0.2, 0.25) is 0 Å². The molecule has 170 valence electrons. The Morgan fingerprint density at radius 2 is 0.714 bits per heavy atom. The van der Waals surface area contributed by atoms with E-state index in [0.29, 0.717) is 65.9 Å². The minimum atomic E-state index is -2.45. The van der Waals surface area contributed by atoms with Crippen molar-refractivity contribution in [1.82, 2.24) is 0 Å². The molecule has 0 saturated carbocycles. The van der Waals surface area contributed by atoms with Crippen molar-refractivity contribution in [2.24, 2.45) is 0 Å². The van der Waals surface area contributed by atoms with Crippen LogP contribution in [0.4, 0.5) is 0 Å². The van der Waals surface area contributed by atoms with Gasteiger partial charge in [0.05, 0.1) is 0 Å². The zero-order valence-electron chi connectivity index (χ0n) is 18.8. The molecule has 0 N–H and O–H groups in total. The van der Waals surface area contributed by atoms with E-state index in [4.69, 9.17) is 26.6 Å². The predicted octanol–water partition coefficient (Wildman–Crippen LogP) is 4.02. The monoisotopic (exact) mass is 570 g/mol. The van der Waals surface area contributed by atoms with Crippen LogP contribution < -0.4 is 0 Å². The Kier molecular flexibility index (Phi) is 19.8. The van der Waals surface area contributed by atoms with E-state index in [2.05, 4.69) is 0 Å². The van der Waals surface area contributed by atoms with Gasteiger partial charge in [0.25, 0.3) is 0 Å². The summed E-state index contributed by atoms with van der Waals surface area (Å²) in [5.41, 5.74) is 0. The second-order valence-corrected chi connectivity index (χ2v) is 19.1. The first-order chi connectivity index (χ1) is 13.6. The molecule has 0 aliphatic rings. The normalized spacial score (nSPS) is 12.6. The van der Waals surface area contributed by atoms with Crippen molar-refractivity contribution in [2.45, 2.75) is 77.1 Å². The van der Waals surface area contributed by atoms with Crippen molar-refractivity contribution in [3.05, 3.63) is 0 Å². The van der Waals surface area contributed by atoms with E-state index in [1.807, 2.05) is 41.5 Å². The zero-order valence-corrected chi connectivity index (χ0v) is 24.2. The van der Waals surface area contributed by atoms with Gasteiger partial charge in [-0.3, -0.25) is 0 Å². The van der Waals surface area contributed by atoms with E-state index in [-0.39, 0.29) is 0 Å². The van der Waals surface area contributed by atoms with E-state index in [1.165, 1.54) is 10.6 Å². The van der Waals surface area contributed by atoms with Gasteiger partial charge in [0.1, 0.15) is 0 Å². The van der Waals surface area contributed by atoms with Gasteiger partial charge < -0.3 is 0 Å². The van der Waals surface area contributed by atoms with Gasteiger partial charge in [-0.15, -0.1) is 0 Å². The molecule has 0 aromatic carbocycles. The summed E-state index contributed by atoms with van der Waals surface area (Å²) in [6.45, 7) is 16.1. The molecule has 0 aliphatic heterocycles. The Morgan fingerprint density at radius 1 is 0.464 bits per heavy atom. The van der Waals surface area contributed by atoms with Gasteiger partial charge >= 0.3 is 187 Å². The third-order valence-corrected chi connectivity index (χ3v) is 17.7. The third-order valence-electron chi connectivity index (χ3n) is 3.69. The van der Waals surface area contributed by atoms with Crippen LogP contribution in [-0.4, -0.2) is 83.5 Å². The van der Waals surface area contributed by atoms with Gasteiger partial charge in [-0.1, -0.05) is 0 Å². The molecule has 0 unspecified atom stereocenters. The summed E-state index contributed by atoms with van der Waals surface area (Å²) in [5.74, 6) is 0. The third kappa shape index (κ3) is 12.8. The van der Waals surface area contributed by atoms with Crippen LogP contribution in [0.2, 0.25) is 22.7 Å². The van der Waals surface area contributed by atoms with E-state index in [0.717, 1.165) is 24.9 Å². The first kappa shape index (κ1) is 29.2. The molecule has 0 atom stereocenters. The van der Waals surface area contributed by atoms with Crippen molar-refractivity contribution in [3.63, 3.8) is 0 Å². The molecule has 0 saturated heterocycles. The van der Waals surface area contributed by atoms with Gasteiger partial charge in [-0.2, -0.15) is 0 Å². The summed E-state index contributed by atoms with van der Waals surface area (Å²) in [6, 6.07) is 1.88. The number of hydrogen-bond donors (Lipinski definition) is 0. The first-order valence-electron chi connectivity index (χ1n) is 10.7. The molecule has 0 radical (unpaired) electrons. The van der Waals surface area contributed by atoms with E-state index in [1.54, 1.807) is 0 Å². The molecule has 0 heterocycles. The Balaban J connectivity index is 4.14. The Hall–Kier alpha value is 1.23. The standard InChI is InChI=1S/C18H42O6Se2Si2/c1-7-19-27(20-8-2,21-9-3)17-13-15-25-26-16-14-18-28(22-10-4,23-11-5)24-12-6/h7-18H2,1-6H3. The van der Waals surface area contributed by atoms with Gasteiger partial charge in [0.15, 0.2) is 0 Å². The quantitative estimate of drug-likeness (QED) is 0.154. The molecule has 28 heavy (non-hydrogen) atoms. The van der Waals surface area contributed by atoms with Crippen LogP contribution in [0.15, 0.2) is 0 Å². The SMILES string of the molecule is CCO[Si](CCC[Se][Se]CCC[Si](OCC)(OCC)OCC)(OCC)OCC. The fourth-order valence-corrected chi connectivity index (χ4v) is 15.9. The van der Waals surface area contributed by atoms with Crippen molar-refractivity contribution in [3.8, 4) is 0 Å². The fourth-order valence-electron chi connectivity index (χ4n) is 2.82. The average molecular weight is 569 g/mol. The molecule has 0 bridgehead atoms. The first-order valence-corrected chi connectivity index (χ1v) is 21.3. The number of hydrogen-bond acceptors (Lipinski definition) is 6. The summed E-state index contributed by atoms with van der Waals surface area (Å²) in [7, 11) is -4.90. The van der Waals surface area contributed by atoms with Crippen LogP contribution in [-0.2, 0) is 26.6 Å². The summed E-state index contributed by atoms with van der Waals surface area (Å²) >= 11 is 1.43. The Bertz CT molecular complexity index is 290. The summed E-state index contributed by atoms with van der Waals surface area (Å²) in [5, 5.41) is 2.56. The summed E-state index contributed by atoms with van der Waals surface area (Å²) < 4.78 is 35.6. The van der Waals surface area contributed by atoms with Crippen molar-refractivity contribution in [2.75, 3.05) is 39.6 Å². The van der Waals surface area contributed by atoms with Crippen LogP contribution in [0, 0.1) is 0 Å². The fraction of sp³-hybridized carbons (Fsp3) is 1.00. The van der Waals surface area contributed by atoms with Crippen LogP contribution in [0.25, 0.3) is 0 Å². The topological polar surface area (TPSA) is 55.4 Å². The second kappa shape index (κ2) is 19.0. The molecule has 0 rings (SSSR count). The van der Waals surface area contributed by atoms with E-state index >= 15 is 0 Å².